The summed E-state index contributed by atoms with van der Waals surface area (Å²) in [6.07, 6.45) is 16.4. The number of hydrogen-bond donors (Lipinski definition) is 1. The van der Waals surface area contributed by atoms with Gasteiger partial charge < -0.3 is 4.74 Å². The van der Waals surface area contributed by atoms with E-state index in [1.807, 2.05) is 0 Å². The topological polar surface area (TPSA) is 9.23 Å². The van der Waals surface area contributed by atoms with Crippen molar-refractivity contribution in [2.24, 2.45) is 5.92 Å². The summed E-state index contributed by atoms with van der Waals surface area (Å²) in [6.45, 7) is 0.677. The molecule has 0 saturated heterocycles. The lowest BCUT2D eigenvalue weighted by Gasteiger charge is -2.24. The van der Waals surface area contributed by atoms with Gasteiger partial charge in [-0.25, -0.2) is 0 Å². The average molecular weight is 246 g/mol. The summed E-state index contributed by atoms with van der Waals surface area (Å²) in [6, 6.07) is 0. The highest BCUT2D eigenvalue weighted by Crippen LogP contribution is 2.32. The van der Waals surface area contributed by atoms with Crippen LogP contribution in [0.5, 0.6) is 0 Å². The average Bonchev–Trinajstić information content (AvgIpc) is 2.36. The van der Waals surface area contributed by atoms with Crippen molar-refractivity contribution < 1.29 is 4.74 Å². The first-order valence-electron chi connectivity index (χ1n) is 5.91. The maximum Gasteiger partial charge on any atom is 0.0716 e. The molecule has 0 aliphatic heterocycles. The summed E-state index contributed by atoms with van der Waals surface area (Å²) in [7, 11) is 1.74. The number of hydrogen-bond acceptors (Lipinski definition) is 2. The number of ether oxygens (including phenoxy) is 1. The van der Waals surface area contributed by atoms with Gasteiger partial charge in [-0.05, 0) is 23.1 Å². The van der Waals surface area contributed by atoms with Gasteiger partial charge in [0, 0.05) is 18.8 Å². The molecule has 0 bridgehead atoms. The molecule has 0 aromatic heterocycles. The van der Waals surface area contributed by atoms with Gasteiger partial charge in [-0.2, -0.15) is 12.6 Å². The van der Waals surface area contributed by atoms with Gasteiger partial charge in [0.25, 0.3) is 0 Å². The molecule has 1 unspecified atom stereocenters. The Kier molecular flexibility index (Phi) is 4.46. The molecule has 0 amide bonds. The molecular weight excluding hydrogens is 228 g/mol. The first-order chi connectivity index (χ1) is 8.35. The third-order valence-electron chi connectivity index (χ3n) is 3.04. The van der Waals surface area contributed by atoms with Crippen LogP contribution in [0.1, 0.15) is 6.42 Å². The molecule has 1 atom stereocenters. The molecule has 2 heteroatoms. The van der Waals surface area contributed by atoms with Crippen LogP contribution in [-0.2, 0) is 4.74 Å². The Balaban J connectivity index is 2.28. The number of rotatable bonds is 4. The number of methoxy groups -OCH3 is 1. The van der Waals surface area contributed by atoms with Crippen LogP contribution in [-0.4, -0.2) is 19.5 Å². The predicted molar refractivity (Wildman–Crippen MR) is 76.4 cm³/mol. The van der Waals surface area contributed by atoms with E-state index in [0.717, 1.165) is 12.2 Å². The van der Waals surface area contributed by atoms with Gasteiger partial charge in [-0.1, -0.05) is 42.5 Å². The first-order valence-corrected chi connectivity index (χ1v) is 6.54. The van der Waals surface area contributed by atoms with E-state index in [2.05, 4.69) is 55.2 Å². The lowest BCUT2D eigenvalue weighted by Crippen LogP contribution is -2.11. The van der Waals surface area contributed by atoms with E-state index in [4.69, 9.17) is 4.74 Å². The fraction of sp³-hybridized carbons (Fsp3) is 0.333. The maximum atomic E-state index is 5.27. The Morgan fingerprint density at radius 2 is 2.41 bits per heavy atom. The van der Waals surface area contributed by atoms with Gasteiger partial charge in [0.05, 0.1) is 6.61 Å². The highest BCUT2D eigenvalue weighted by Gasteiger charge is 2.18. The van der Waals surface area contributed by atoms with Gasteiger partial charge in [-0.15, -0.1) is 0 Å². The second kappa shape index (κ2) is 6.08. The van der Waals surface area contributed by atoms with Crippen LogP contribution in [0.25, 0.3) is 0 Å². The van der Waals surface area contributed by atoms with Crippen molar-refractivity contribution in [2.75, 3.05) is 19.5 Å². The Morgan fingerprint density at radius 1 is 1.53 bits per heavy atom. The quantitative estimate of drug-likeness (QED) is 0.747. The van der Waals surface area contributed by atoms with Gasteiger partial charge in [0.15, 0.2) is 0 Å². The molecule has 0 aromatic rings. The molecule has 0 N–H and O–H groups in total. The van der Waals surface area contributed by atoms with Crippen molar-refractivity contribution in [2.45, 2.75) is 6.42 Å². The van der Waals surface area contributed by atoms with Gasteiger partial charge >= 0.3 is 0 Å². The van der Waals surface area contributed by atoms with E-state index in [0.29, 0.717) is 12.5 Å². The van der Waals surface area contributed by atoms with E-state index >= 15 is 0 Å². The Hall–Kier alpha value is -0.990. The minimum absolute atomic E-state index is 0.526. The standard InChI is InChI=1S/C15H18OS/c1-16-11-15-10-13-6-3-2-5-12(13)9-14(15)7-4-8-17/h2-5,7,9-10,13,17H,6,8,11H2,1H3. The smallest absolute Gasteiger partial charge is 0.0716 e. The fourth-order valence-electron chi connectivity index (χ4n) is 2.22. The zero-order chi connectivity index (χ0) is 12.1. The Bertz CT molecular complexity index is 424. The van der Waals surface area contributed by atoms with Crippen molar-refractivity contribution >= 4 is 12.6 Å². The Labute approximate surface area is 109 Å². The van der Waals surface area contributed by atoms with E-state index < -0.39 is 0 Å². The summed E-state index contributed by atoms with van der Waals surface area (Å²) < 4.78 is 5.27. The van der Waals surface area contributed by atoms with Gasteiger partial charge in [0.2, 0.25) is 0 Å². The van der Waals surface area contributed by atoms with Crippen molar-refractivity contribution in [3.8, 4) is 0 Å². The monoisotopic (exact) mass is 246 g/mol. The summed E-state index contributed by atoms with van der Waals surface area (Å²) in [5.41, 5.74) is 3.92. The number of allylic oxidation sites excluding steroid dienone is 7. The van der Waals surface area contributed by atoms with Crippen LogP contribution in [0.3, 0.4) is 0 Å². The van der Waals surface area contributed by atoms with Crippen LogP contribution in [0, 0.1) is 5.92 Å². The highest BCUT2D eigenvalue weighted by atomic mass is 32.1. The van der Waals surface area contributed by atoms with Crippen molar-refractivity contribution in [1.29, 1.82) is 0 Å². The van der Waals surface area contributed by atoms with E-state index in [1.54, 1.807) is 7.11 Å². The molecule has 0 spiro atoms. The number of fused-ring (bicyclic) bond motifs is 1. The summed E-state index contributed by atoms with van der Waals surface area (Å²) >= 11 is 4.20. The first kappa shape index (κ1) is 12.5. The van der Waals surface area contributed by atoms with E-state index in [9.17, 15) is 0 Å². The molecule has 0 saturated carbocycles. The SMILES string of the molecule is COCC1=CC2CC=CC=C2C=C1C=CCS. The van der Waals surface area contributed by atoms with Gasteiger partial charge in [0.1, 0.15) is 0 Å². The van der Waals surface area contributed by atoms with Crippen LogP contribution in [0.15, 0.2) is 59.3 Å². The second-order valence-corrected chi connectivity index (χ2v) is 4.61. The molecule has 2 aliphatic rings. The lowest BCUT2D eigenvalue weighted by molar-refractivity contribution is 0.227. The van der Waals surface area contributed by atoms with E-state index in [-0.39, 0.29) is 0 Å². The Morgan fingerprint density at radius 3 is 3.18 bits per heavy atom. The number of thiol groups is 1. The molecule has 1 nitrogen and oxygen atoms in total. The molecule has 2 aliphatic carbocycles. The summed E-state index contributed by atoms with van der Waals surface area (Å²) in [5, 5.41) is 0. The van der Waals surface area contributed by atoms with Crippen molar-refractivity contribution in [1.82, 2.24) is 0 Å². The van der Waals surface area contributed by atoms with Crippen LogP contribution in [0.4, 0.5) is 0 Å². The molecule has 0 radical (unpaired) electrons. The lowest BCUT2D eigenvalue weighted by atomic mass is 9.82. The van der Waals surface area contributed by atoms with Crippen LogP contribution in [0.2, 0.25) is 0 Å². The van der Waals surface area contributed by atoms with Crippen LogP contribution < -0.4 is 0 Å². The van der Waals surface area contributed by atoms with Crippen molar-refractivity contribution in [3.05, 3.63) is 59.3 Å². The predicted octanol–water partition coefficient (Wildman–Crippen LogP) is 3.49. The van der Waals surface area contributed by atoms with Gasteiger partial charge in [-0.3, -0.25) is 0 Å². The summed E-state index contributed by atoms with van der Waals surface area (Å²) in [5.74, 6) is 1.29. The van der Waals surface area contributed by atoms with Crippen molar-refractivity contribution in [3.63, 3.8) is 0 Å². The third-order valence-corrected chi connectivity index (χ3v) is 3.25. The molecule has 0 heterocycles. The minimum atomic E-state index is 0.526. The molecule has 90 valence electrons. The largest absolute Gasteiger partial charge is 0.380 e. The normalized spacial score (nSPS) is 23.2. The molecular formula is C15H18OS. The summed E-state index contributed by atoms with van der Waals surface area (Å²) in [4.78, 5) is 0. The molecule has 0 fully saturated rings. The minimum Gasteiger partial charge on any atom is -0.380 e. The van der Waals surface area contributed by atoms with Crippen LogP contribution >= 0.6 is 12.6 Å². The third kappa shape index (κ3) is 3.02. The zero-order valence-corrected chi connectivity index (χ0v) is 11.0. The highest BCUT2D eigenvalue weighted by molar-refractivity contribution is 7.80. The maximum absolute atomic E-state index is 5.27. The second-order valence-electron chi connectivity index (χ2n) is 4.25. The zero-order valence-electron chi connectivity index (χ0n) is 10.1. The molecule has 2 rings (SSSR count). The molecule has 0 aromatic carbocycles. The fourth-order valence-corrected chi connectivity index (χ4v) is 2.32. The molecule has 17 heavy (non-hydrogen) atoms. The van der Waals surface area contributed by atoms with E-state index in [1.165, 1.54) is 16.7 Å².